The molecule has 0 amide bonds. The largest absolute Gasteiger partial charge is 0.507 e. The molecule has 0 spiro atoms. The van der Waals surface area contributed by atoms with Gasteiger partial charge in [0.25, 0.3) is 5.54 Å². The van der Waals surface area contributed by atoms with E-state index in [1.807, 2.05) is 0 Å². The van der Waals surface area contributed by atoms with Crippen LogP contribution in [0.1, 0.15) is 27.8 Å². The average molecular weight is 381 g/mol. The molecule has 0 saturated carbocycles. The molecule has 0 aliphatic rings. The summed E-state index contributed by atoms with van der Waals surface area (Å²) in [7, 11) is 0.910. The highest BCUT2D eigenvalue weighted by Gasteiger charge is 2.63. The number of esters is 1. The van der Waals surface area contributed by atoms with Crippen molar-refractivity contribution in [2.24, 2.45) is 0 Å². The minimum absolute atomic E-state index is 0.119. The summed E-state index contributed by atoms with van der Waals surface area (Å²) >= 11 is 0. The van der Waals surface area contributed by atoms with Gasteiger partial charge in [0.15, 0.2) is 0 Å². The lowest BCUT2D eigenvalue weighted by molar-refractivity contribution is -0.201. The van der Waals surface area contributed by atoms with E-state index in [0.29, 0.717) is 5.56 Å². The van der Waals surface area contributed by atoms with Crippen LogP contribution in [0, 0.1) is 27.7 Å². The number of phenolic OH excluding ortho intramolecular Hbond substituents is 1. The number of aryl methyl sites for hydroxylation is 3. The van der Waals surface area contributed by atoms with E-state index in [0.717, 1.165) is 24.8 Å². The number of rotatable bonds is 4. The van der Waals surface area contributed by atoms with Gasteiger partial charge in [-0.2, -0.15) is 13.2 Å². The summed E-state index contributed by atoms with van der Waals surface area (Å²) in [5.41, 5.74) is -1.49. The molecule has 0 fully saturated rings. The highest BCUT2D eigenvalue weighted by molar-refractivity contribution is 5.88. The molecule has 27 heavy (non-hydrogen) atoms. The first-order valence-corrected chi connectivity index (χ1v) is 8.26. The van der Waals surface area contributed by atoms with E-state index in [1.165, 1.54) is 19.9 Å². The summed E-state index contributed by atoms with van der Waals surface area (Å²) < 4.78 is 47.6. The fraction of sp³-hybridized carbons (Fsp3) is 0.350. The average Bonchev–Trinajstić information content (AvgIpc) is 2.58. The third-order valence-corrected chi connectivity index (χ3v) is 4.77. The molecule has 0 radical (unpaired) electrons. The Labute approximate surface area is 156 Å². The maximum absolute atomic E-state index is 14.4. The van der Waals surface area contributed by atoms with Gasteiger partial charge in [-0.05, 0) is 73.7 Å². The number of phenols is 1. The lowest BCUT2D eigenvalue weighted by atomic mass is 9.85. The highest BCUT2D eigenvalue weighted by Crippen LogP contribution is 2.45. The molecule has 0 saturated heterocycles. The fourth-order valence-electron chi connectivity index (χ4n) is 3.01. The topological polar surface area (TPSA) is 58.6 Å². The minimum Gasteiger partial charge on any atom is -0.507 e. The molecule has 0 aliphatic heterocycles. The lowest BCUT2D eigenvalue weighted by Crippen LogP contribution is -2.56. The van der Waals surface area contributed by atoms with E-state index in [1.54, 1.807) is 26.0 Å². The second kappa shape index (κ2) is 7.13. The number of anilines is 1. The third kappa shape index (κ3) is 3.46. The number of hydrogen-bond acceptors (Lipinski definition) is 4. The summed E-state index contributed by atoms with van der Waals surface area (Å²) in [6.07, 6.45) is -5.01. The molecule has 0 aromatic heterocycles. The Bertz CT molecular complexity index is 854. The van der Waals surface area contributed by atoms with Gasteiger partial charge in [-0.25, -0.2) is 4.79 Å². The van der Waals surface area contributed by atoms with Crippen LogP contribution in [0.15, 0.2) is 30.3 Å². The van der Waals surface area contributed by atoms with Crippen molar-refractivity contribution in [1.29, 1.82) is 0 Å². The smallest absolute Gasteiger partial charge is 0.426 e. The zero-order valence-electron chi connectivity index (χ0n) is 15.8. The van der Waals surface area contributed by atoms with Gasteiger partial charge in [0.05, 0.1) is 7.11 Å². The van der Waals surface area contributed by atoms with Gasteiger partial charge in [-0.1, -0.05) is 12.1 Å². The molecule has 146 valence electrons. The van der Waals surface area contributed by atoms with Gasteiger partial charge in [0.1, 0.15) is 5.75 Å². The van der Waals surface area contributed by atoms with E-state index in [-0.39, 0.29) is 28.1 Å². The molecule has 7 heteroatoms. The number of nitrogens with one attached hydrogen (secondary N) is 1. The first-order chi connectivity index (χ1) is 12.5. The number of methoxy groups -OCH3 is 1. The number of ether oxygens (including phenoxy) is 1. The Morgan fingerprint density at radius 2 is 1.59 bits per heavy atom. The van der Waals surface area contributed by atoms with Crippen molar-refractivity contribution in [1.82, 2.24) is 0 Å². The van der Waals surface area contributed by atoms with Crippen LogP contribution in [0.4, 0.5) is 18.9 Å². The van der Waals surface area contributed by atoms with Gasteiger partial charge in [0, 0.05) is 5.69 Å². The standard InChI is InChI=1S/C20H22F3NO3/c1-11-7-6-8-16(14(11)4)24-19(18(26)27-5,20(21,22)23)15-9-12(2)17(25)13(3)10-15/h6-10,24-25H,1-5H3. The number of hydrogen-bond donors (Lipinski definition) is 2. The molecule has 2 aromatic rings. The van der Waals surface area contributed by atoms with Crippen LogP contribution in [0.2, 0.25) is 0 Å². The van der Waals surface area contributed by atoms with Crippen molar-refractivity contribution in [3.05, 3.63) is 58.1 Å². The van der Waals surface area contributed by atoms with Crippen LogP contribution in [-0.2, 0) is 15.1 Å². The second-order valence-electron chi connectivity index (χ2n) is 6.57. The van der Waals surface area contributed by atoms with Crippen molar-refractivity contribution in [2.45, 2.75) is 39.4 Å². The molecule has 2 rings (SSSR count). The number of carbonyl (C=O) groups is 1. The van der Waals surface area contributed by atoms with Crippen LogP contribution in [-0.4, -0.2) is 24.4 Å². The van der Waals surface area contributed by atoms with Gasteiger partial charge in [-0.15, -0.1) is 0 Å². The molecule has 2 aromatic carbocycles. The SMILES string of the molecule is COC(=O)C(Nc1cccc(C)c1C)(c1cc(C)c(O)c(C)c1)C(F)(F)F. The molecule has 4 nitrogen and oxygen atoms in total. The monoisotopic (exact) mass is 381 g/mol. The summed E-state index contributed by atoms with van der Waals surface area (Å²) in [5.74, 6) is -1.60. The van der Waals surface area contributed by atoms with Crippen LogP contribution >= 0.6 is 0 Å². The number of aromatic hydroxyl groups is 1. The summed E-state index contributed by atoms with van der Waals surface area (Å²) in [5, 5.41) is 12.3. The number of alkyl halides is 3. The van der Waals surface area contributed by atoms with Gasteiger partial charge in [-0.3, -0.25) is 0 Å². The lowest BCUT2D eigenvalue weighted by Gasteiger charge is -2.36. The van der Waals surface area contributed by atoms with Gasteiger partial charge >= 0.3 is 12.1 Å². The first-order valence-electron chi connectivity index (χ1n) is 8.26. The van der Waals surface area contributed by atoms with Crippen LogP contribution in [0.5, 0.6) is 5.75 Å². The Morgan fingerprint density at radius 1 is 1.04 bits per heavy atom. The number of benzene rings is 2. The van der Waals surface area contributed by atoms with Crippen molar-refractivity contribution in [2.75, 3.05) is 12.4 Å². The molecule has 1 atom stereocenters. The maximum Gasteiger partial charge on any atom is 0.426 e. The van der Waals surface area contributed by atoms with Crippen LogP contribution < -0.4 is 5.32 Å². The predicted molar refractivity (Wildman–Crippen MR) is 96.9 cm³/mol. The first kappa shape index (κ1) is 20.6. The summed E-state index contributed by atoms with van der Waals surface area (Å²) in [6.45, 7) is 6.39. The Morgan fingerprint density at radius 3 is 2.07 bits per heavy atom. The molecule has 0 bridgehead atoms. The normalized spacial score (nSPS) is 13.8. The molecule has 1 unspecified atom stereocenters. The Balaban J connectivity index is 2.83. The molecule has 0 aliphatic carbocycles. The van der Waals surface area contributed by atoms with E-state index >= 15 is 0 Å². The summed E-state index contributed by atoms with van der Waals surface area (Å²) in [4.78, 5) is 12.5. The highest BCUT2D eigenvalue weighted by atomic mass is 19.4. The summed E-state index contributed by atoms with van der Waals surface area (Å²) in [6, 6.07) is 7.14. The van der Waals surface area contributed by atoms with E-state index in [2.05, 4.69) is 10.1 Å². The van der Waals surface area contributed by atoms with E-state index in [4.69, 9.17) is 0 Å². The molecule has 0 heterocycles. The van der Waals surface area contributed by atoms with Crippen molar-refractivity contribution < 1.29 is 27.8 Å². The van der Waals surface area contributed by atoms with Crippen molar-refractivity contribution >= 4 is 11.7 Å². The van der Waals surface area contributed by atoms with Gasteiger partial charge in [0.2, 0.25) is 0 Å². The van der Waals surface area contributed by atoms with Crippen LogP contribution in [0.3, 0.4) is 0 Å². The molecular formula is C20H22F3NO3. The molecule has 2 N–H and O–H groups in total. The zero-order valence-corrected chi connectivity index (χ0v) is 15.8. The van der Waals surface area contributed by atoms with E-state index in [9.17, 15) is 23.1 Å². The Kier molecular flexibility index (Phi) is 5.45. The van der Waals surface area contributed by atoms with E-state index < -0.39 is 17.7 Å². The quantitative estimate of drug-likeness (QED) is 0.756. The van der Waals surface area contributed by atoms with Crippen LogP contribution in [0.25, 0.3) is 0 Å². The third-order valence-electron chi connectivity index (χ3n) is 4.77. The van der Waals surface area contributed by atoms with Crippen molar-refractivity contribution in [3.8, 4) is 5.75 Å². The number of carbonyl (C=O) groups excluding carboxylic acids is 1. The maximum atomic E-state index is 14.4. The number of halogens is 3. The fourth-order valence-corrected chi connectivity index (χ4v) is 3.01. The molecular weight excluding hydrogens is 359 g/mol. The Hall–Kier alpha value is -2.70. The second-order valence-corrected chi connectivity index (χ2v) is 6.57. The predicted octanol–water partition coefficient (Wildman–Crippen LogP) is 4.67. The minimum atomic E-state index is -5.01. The van der Waals surface area contributed by atoms with Gasteiger partial charge < -0.3 is 15.2 Å². The van der Waals surface area contributed by atoms with Crippen molar-refractivity contribution in [3.63, 3.8) is 0 Å². The zero-order chi connectivity index (χ0) is 20.6.